The van der Waals surface area contributed by atoms with Crippen LogP contribution in [0, 0.1) is 0 Å². The summed E-state index contributed by atoms with van der Waals surface area (Å²) in [6.45, 7) is 4.63. The molecule has 0 saturated carbocycles. The van der Waals surface area contributed by atoms with E-state index in [4.69, 9.17) is 4.74 Å². The van der Waals surface area contributed by atoms with Gasteiger partial charge >= 0.3 is 0 Å². The lowest BCUT2D eigenvalue weighted by atomic mass is 10.2. The average Bonchev–Trinajstić information content (AvgIpc) is 3.04. The third-order valence-electron chi connectivity index (χ3n) is 3.51. The van der Waals surface area contributed by atoms with Crippen LogP contribution in [0.2, 0.25) is 0 Å². The second-order valence-electron chi connectivity index (χ2n) is 5.72. The zero-order chi connectivity index (χ0) is 17.5. The van der Waals surface area contributed by atoms with E-state index in [0.29, 0.717) is 18.1 Å². The number of tetrazole rings is 1. The summed E-state index contributed by atoms with van der Waals surface area (Å²) in [6.07, 6.45) is 0. The van der Waals surface area contributed by atoms with Crippen molar-refractivity contribution in [2.24, 2.45) is 0 Å². The molecule has 7 nitrogen and oxygen atoms in total. The highest BCUT2D eigenvalue weighted by atomic mass is 32.2. The maximum atomic E-state index is 12.2. The molecule has 0 aliphatic carbocycles. The van der Waals surface area contributed by atoms with Gasteiger partial charge in [0.05, 0.1) is 24.7 Å². The van der Waals surface area contributed by atoms with Gasteiger partial charge in [-0.1, -0.05) is 12.1 Å². The summed E-state index contributed by atoms with van der Waals surface area (Å²) >= 11 is 1.52. The van der Waals surface area contributed by atoms with Crippen molar-refractivity contribution in [3.05, 3.63) is 35.7 Å². The number of rotatable bonds is 8. The minimum absolute atomic E-state index is 0.0828. The van der Waals surface area contributed by atoms with Gasteiger partial charge in [0.1, 0.15) is 5.75 Å². The fourth-order valence-corrected chi connectivity index (χ4v) is 3.01. The molecule has 0 aliphatic rings. The minimum Gasteiger partial charge on any atom is -0.497 e. The largest absolute Gasteiger partial charge is 0.497 e. The fraction of sp³-hybridized carbons (Fsp3) is 0.500. The second-order valence-corrected chi connectivity index (χ2v) is 6.71. The van der Waals surface area contributed by atoms with Crippen molar-refractivity contribution < 1.29 is 9.53 Å². The maximum Gasteiger partial charge on any atom is 0.232 e. The van der Waals surface area contributed by atoms with Crippen molar-refractivity contribution in [3.63, 3.8) is 0 Å². The van der Waals surface area contributed by atoms with Gasteiger partial charge in [0.25, 0.3) is 0 Å². The lowest BCUT2D eigenvalue weighted by Crippen LogP contribution is -2.27. The lowest BCUT2D eigenvalue weighted by Gasteiger charge is -2.17. The molecule has 2 aromatic rings. The van der Waals surface area contributed by atoms with Gasteiger partial charge < -0.3 is 9.64 Å². The number of methoxy groups -OCH3 is 1. The highest BCUT2D eigenvalue weighted by Crippen LogP contribution is 2.15. The quantitative estimate of drug-likeness (QED) is 0.727. The van der Waals surface area contributed by atoms with Crippen LogP contribution in [0.5, 0.6) is 5.75 Å². The third-order valence-corrected chi connectivity index (χ3v) is 4.42. The first kappa shape index (κ1) is 18.3. The van der Waals surface area contributed by atoms with E-state index in [-0.39, 0.29) is 11.9 Å². The van der Waals surface area contributed by atoms with Crippen molar-refractivity contribution in [2.75, 3.05) is 19.9 Å². The van der Waals surface area contributed by atoms with Crippen LogP contribution in [0.25, 0.3) is 0 Å². The Bertz CT molecular complexity index is 657. The molecular formula is C16H23N5O2S. The number of thioether (sulfide) groups is 1. The molecule has 1 aromatic heterocycles. The summed E-state index contributed by atoms with van der Waals surface area (Å²) < 4.78 is 6.91. The van der Waals surface area contributed by atoms with Crippen LogP contribution < -0.4 is 4.74 Å². The van der Waals surface area contributed by atoms with Gasteiger partial charge in [-0.05, 0) is 42.0 Å². The van der Waals surface area contributed by atoms with E-state index < -0.39 is 0 Å². The normalized spacial score (nSPS) is 10.9. The Balaban J connectivity index is 1.79. The molecular weight excluding hydrogens is 326 g/mol. The van der Waals surface area contributed by atoms with Gasteiger partial charge in [-0.25, -0.2) is 4.68 Å². The van der Waals surface area contributed by atoms with Crippen LogP contribution in [-0.4, -0.2) is 50.9 Å². The van der Waals surface area contributed by atoms with E-state index in [1.54, 1.807) is 16.7 Å². The number of ether oxygens (including phenoxy) is 1. The first-order valence-electron chi connectivity index (χ1n) is 7.72. The molecule has 24 heavy (non-hydrogen) atoms. The molecule has 0 atom stereocenters. The Morgan fingerprint density at radius 2 is 2.04 bits per heavy atom. The Hall–Kier alpha value is -2.09. The van der Waals surface area contributed by atoms with Crippen molar-refractivity contribution in [1.29, 1.82) is 0 Å². The summed E-state index contributed by atoms with van der Waals surface area (Å²) in [5.41, 5.74) is 1.07. The SMILES string of the molecule is COc1ccc(CN(C)C(=O)CSCc2nnnn2C(C)C)cc1. The minimum atomic E-state index is 0.0828. The van der Waals surface area contributed by atoms with Crippen molar-refractivity contribution >= 4 is 17.7 Å². The van der Waals surface area contributed by atoms with E-state index in [0.717, 1.165) is 17.1 Å². The number of hydrogen-bond donors (Lipinski definition) is 0. The molecule has 0 aliphatic heterocycles. The topological polar surface area (TPSA) is 73.1 Å². The van der Waals surface area contributed by atoms with Crippen LogP contribution in [-0.2, 0) is 17.1 Å². The van der Waals surface area contributed by atoms with Gasteiger partial charge in [-0.3, -0.25) is 4.79 Å². The van der Waals surface area contributed by atoms with Crippen LogP contribution in [0.4, 0.5) is 0 Å². The molecule has 1 amide bonds. The third kappa shape index (κ3) is 4.95. The van der Waals surface area contributed by atoms with Crippen LogP contribution in [0.3, 0.4) is 0 Å². The van der Waals surface area contributed by atoms with Gasteiger partial charge in [0, 0.05) is 13.6 Å². The van der Waals surface area contributed by atoms with Crippen LogP contribution >= 0.6 is 11.8 Å². The summed E-state index contributed by atoms with van der Waals surface area (Å²) in [5, 5.41) is 11.7. The molecule has 0 spiro atoms. The van der Waals surface area contributed by atoms with E-state index in [1.807, 2.05) is 45.2 Å². The van der Waals surface area contributed by atoms with E-state index in [1.165, 1.54) is 11.8 Å². The zero-order valence-electron chi connectivity index (χ0n) is 14.5. The summed E-state index contributed by atoms with van der Waals surface area (Å²) in [6, 6.07) is 7.94. The average molecular weight is 349 g/mol. The molecule has 0 radical (unpaired) electrons. The standard InChI is InChI=1S/C16H23N5O2S/c1-12(2)21-15(17-18-19-21)10-24-11-16(22)20(3)9-13-5-7-14(23-4)8-6-13/h5-8,12H,9-11H2,1-4H3. The summed E-state index contributed by atoms with van der Waals surface area (Å²) in [5.74, 6) is 2.71. The Labute approximate surface area is 146 Å². The molecule has 0 N–H and O–H groups in total. The molecule has 1 aromatic carbocycles. The summed E-state index contributed by atoms with van der Waals surface area (Å²) in [7, 11) is 3.45. The van der Waals surface area contributed by atoms with Gasteiger partial charge in [0.2, 0.25) is 5.91 Å². The van der Waals surface area contributed by atoms with E-state index in [2.05, 4.69) is 15.5 Å². The second kappa shape index (κ2) is 8.68. The monoisotopic (exact) mass is 349 g/mol. The number of carbonyl (C=O) groups is 1. The first-order chi connectivity index (χ1) is 11.5. The number of amides is 1. The van der Waals surface area contributed by atoms with Crippen molar-refractivity contribution in [3.8, 4) is 5.75 Å². The number of nitrogens with zero attached hydrogens (tertiary/aromatic N) is 5. The predicted molar refractivity (Wildman–Crippen MR) is 93.8 cm³/mol. The van der Waals surface area contributed by atoms with Crippen molar-refractivity contribution in [1.82, 2.24) is 25.1 Å². The molecule has 0 bridgehead atoms. The number of carbonyl (C=O) groups excluding carboxylic acids is 1. The first-order valence-corrected chi connectivity index (χ1v) is 8.88. The highest BCUT2D eigenvalue weighted by Gasteiger charge is 2.13. The number of aromatic nitrogens is 4. The molecule has 2 rings (SSSR count). The molecule has 8 heteroatoms. The molecule has 0 saturated heterocycles. The van der Waals surface area contributed by atoms with Gasteiger partial charge in [0.15, 0.2) is 5.82 Å². The lowest BCUT2D eigenvalue weighted by molar-refractivity contribution is -0.127. The van der Waals surface area contributed by atoms with Gasteiger partial charge in [-0.15, -0.1) is 16.9 Å². The van der Waals surface area contributed by atoms with E-state index in [9.17, 15) is 4.79 Å². The Kier molecular flexibility index (Phi) is 6.60. The Morgan fingerprint density at radius 3 is 2.67 bits per heavy atom. The smallest absolute Gasteiger partial charge is 0.232 e. The van der Waals surface area contributed by atoms with Crippen LogP contribution in [0.1, 0.15) is 31.3 Å². The van der Waals surface area contributed by atoms with Crippen molar-refractivity contribution in [2.45, 2.75) is 32.2 Å². The van der Waals surface area contributed by atoms with Crippen LogP contribution in [0.15, 0.2) is 24.3 Å². The molecule has 130 valence electrons. The predicted octanol–water partition coefficient (Wildman–Crippen LogP) is 2.15. The fourth-order valence-electron chi connectivity index (χ4n) is 2.14. The highest BCUT2D eigenvalue weighted by molar-refractivity contribution is 7.99. The summed E-state index contributed by atoms with van der Waals surface area (Å²) in [4.78, 5) is 14.0. The van der Waals surface area contributed by atoms with Gasteiger partial charge in [-0.2, -0.15) is 0 Å². The maximum absolute atomic E-state index is 12.2. The number of benzene rings is 1. The number of hydrogen-bond acceptors (Lipinski definition) is 6. The van der Waals surface area contributed by atoms with E-state index >= 15 is 0 Å². The molecule has 0 fully saturated rings. The Morgan fingerprint density at radius 1 is 1.33 bits per heavy atom. The molecule has 0 unspecified atom stereocenters. The zero-order valence-corrected chi connectivity index (χ0v) is 15.3. The molecule has 1 heterocycles.